The molecular formula is C23H24N6O5S2. The lowest BCUT2D eigenvalue weighted by molar-refractivity contribution is -0.116. The molecule has 0 fully saturated rings. The maximum atomic E-state index is 13.4. The van der Waals surface area contributed by atoms with E-state index >= 15 is 0 Å². The fourth-order valence-electron chi connectivity index (χ4n) is 4.38. The summed E-state index contributed by atoms with van der Waals surface area (Å²) in [5.74, 6) is 0.180. The number of primary amides is 1. The van der Waals surface area contributed by atoms with E-state index in [9.17, 15) is 14.9 Å². The van der Waals surface area contributed by atoms with Crippen LogP contribution in [0.1, 0.15) is 30.7 Å². The van der Waals surface area contributed by atoms with Crippen LogP contribution in [0.3, 0.4) is 0 Å². The molecule has 4 N–H and O–H groups in total. The number of nitriles is 1. The van der Waals surface area contributed by atoms with Crippen LogP contribution in [-0.2, 0) is 9.59 Å². The first-order valence-electron chi connectivity index (χ1n) is 10.8. The molecule has 11 nitrogen and oxygen atoms in total. The fourth-order valence-corrected chi connectivity index (χ4v) is 6.00. The van der Waals surface area contributed by atoms with Gasteiger partial charge in [0.05, 0.1) is 44.6 Å². The van der Waals surface area contributed by atoms with Crippen LogP contribution < -0.4 is 30.6 Å². The number of amides is 1. The Labute approximate surface area is 215 Å². The van der Waals surface area contributed by atoms with Gasteiger partial charge in [-0.1, -0.05) is 23.1 Å². The van der Waals surface area contributed by atoms with Crippen molar-refractivity contribution in [3.8, 4) is 23.3 Å². The van der Waals surface area contributed by atoms with E-state index in [1.807, 2.05) is 0 Å². The lowest BCUT2D eigenvalue weighted by Gasteiger charge is -2.38. The molecule has 2 heterocycles. The van der Waals surface area contributed by atoms with Gasteiger partial charge in [0.1, 0.15) is 11.6 Å². The molecular weight excluding hydrogens is 504 g/mol. The Hall–Kier alpha value is -3.76. The SMILES string of the molecule is COc1cc(OC)c(C2C(C#N)=C(N)N(c3nnc(SCC(N)=O)s3)C3=C2C(=O)CCC3)cc1OC. The Balaban J connectivity index is 1.91. The molecule has 4 rings (SSSR count). The second kappa shape index (κ2) is 10.5. The molecule has 188 valence electrons. The molecule has 0 spiro atoms. The van der Waals surface area contributed by atoms with Crippen LogP contribution in [-0.4, -0.2) is 49.0 Å². The third kappa shape index (κ3) is 4.45. The highest BCUT2D eigenvalue weighted by Crippen LogP contribution is 2.50. The summed E-state index contributed by atoms with van der Waals surface area (Å²) in [5.41, 5.74) is 13.7. The van der Waals surface area contributed by atoms with Gasteiger partial charge in [-0.25, -0.2) is 0 Å². The third-order valence-electron chi connectivity index (χ3n) is 5.89. The summed E-state index contributed by atoms with van der Waals surface area (Å²) in [5, 5.41) is 19.0. The number of benzene rings is 1. The number of Topliss-reactive ketones (excluding diaryl/α,β-unsaturated/α-hetero) is 1. The first-order chi connectivity index (χ1) is 17.3. The Kier molecular flexibility index (Phi) is 7.37. The molecule has 0 saturated carbocycles. The predicted molar refractivity (Wildman–Crippen MR) is 134 cm³/mol. The molecule has 0 saturated heterocycles. The van der Waals surface area contributed by atoms with Gasteiger partial charge in [0.2, 0.25) is 11.0 Å². The number of nitrogens with zero attached hydrogens (tertiary/aromatic N) is 4. The predicted octanol–water partition coefficient (Wildman–Crippen LogP) is 2.45. The Morgan fingerprint density at radius 3 is 2.53 bits per heavy atom. The maximum Gasteiger partial charge on any atom is 0.227 e. The number of carbonyl (C=O) groups excluding carboxylic acids is 2. The number of carbonyl (C=O) groups is 2. The summed E-state index contributed by atoms with van der Waals surface area (Å²) < 4.78 is 17.0. The first-order valence-corrected chi connectivity index (χ1v) is 12.6. The highest BCUT2D eigenvalue weighted by Gasteiger charge is 2.42. The summed E-state index contributed by atoms with van der Waals surface area (Å²) in [6.45, 7) is 0. The third-order valence-corrected chi connectivity index (χ3v) is 7.95. The fraction of sp³-hybridized carbons (Fsp3) is 0.348. The molecule has 1 unspecified atom stereocenters. The molecule has 36 heavy (non-hydrogen) atoms. The van der Waals surface area contributed by atoms with Crippen molar-refractivity contribution in [3.05, 3.63) is 40.4 Å². The number of nitrogens with two attached hydrogens (primary N) is 2. The topological polar surface area (TPSA) is 167 Å². The molecule has 13 heteroatoms. The van der Waals surface area contributed by atoms with Crippen molar-refractivity contribution in [1.29, 1.82) is 5.26 Å². The molecule has 2 aromatic rings. The molecule has 0 bridgehead atoms. The van der Waals surface area contributed by atoms with E-state index in [4.69, 9.17) is 25.7 Å². The van der Waals surface area contributed by atoms with Crippen LogP contribution in [0.4, 0.5) is 5.13 Å². The van der Waals surface area contributed by atoms with Gasteiger partial charge in [-0.2, -0.15) is 5.26 Å². The summed E-state index contributed by atoms with van der Waals surface area (Å²) >= 11 is 2.36. The molecule has 1 aromatic heterocycles. The molecule has 1 aliphatic carbocycles. The van der Waals surface area contributed by atoms with E-state index in [2.05, 4.69) is 16.3 Å². The van der Waals surface area contributed by atoms with Crippen LogP contribution in [0.5, 0.6) is 17.2 Å². The second-order valence-electron chi connectivity index (χ2n) is 7.87. The summed E-state index contributed by atoms with van der Waals surface area (Å²) in [6.07, 6.45) is 1.52. The highest BCUT2D eigenvalue weighted by atomic mass is 32.2. The second-order valence-corrected chi connectivity index (χ2v) is 10.0. The van der Waals surface area contributed by atoms with Crippen molar-refractivity contribution >= 4 is 39.9 Å². The number of hydrogen-bond acceptors (Lipinski definition) is 12. The highest BCUT2D eigenvalue weighted by molar-refractivity contribution is 8.01. The normalized spacial score (nSPS) is 17.6. The smallest absolute Gasteiger partial charge is 0.227 e. The average Bonchev–Trinajstić information content (AvgIpc) is 3.34. The Bertz CT molecular complexity index is 1330. The summed E-state index contributed by atoms with van der Waals surface area (Å²) in [6, 6.07) is 5.57. The van der Waals surface area contributed by atoms with Gasteiger partial charge < -0.3 is 25.7 Å². The number of methoxy groups -OCH3 is 3. The van der Waals surface area contributed by atoms with E-state index in [-0.39, 0.29) is 22.9 Å². The van der Waals surface area contributed by atoms with Gasteiger partial charge in [-0.15, -0.1) is 10.2 Å². The molecule has 1 aliphatic heterocycles. The number of thioether (sulfide) groups is 1. The van der Waals surface area contributed by atoms with Crippen LogP contribution in [0.15, 0.2) is 39.1 Å². The van der Waals surface area contributed by atoms with Gasteiger partial charge in [-0.3, -0.25) is 14.5 Å². The van der Waals surface area contributed by atoms with E-state index < -0.39 is 11.8 Å². The zero-order chi connectivity index (χ0) is 26.0. The van der Waals surface area contributed by atoms with Crippen molar-refractivity contribution in [3.63, 3.8) is 0 Å². The minimum absolute atomic E-state index is 0.0526. The van der Waals surface area contributed by atoms with Crippen molar-refractivity contribution in [1.82, 2.24) is 10.2 Å². The first kappa shape index (κ1) is 25.3. The van der Waals surface area contributed by atoms with E-state index in [0.717, 1.165) is 11.8 Å². The van der Waals surface area contributed by atoms with Crippen molar-refractivity contribution in [2.75, 3.05) is 32.0 Å². The number of aromatic nitrogens is 2. The van der Waals surface area contributed by atoms with Gasteiger partial charge in [0, 0.05) is 29.3 Å². The standard InChI is InChI=1S/C23H24N6O5S2/c1-32-15-8-17(34-3)16(33-2)7-11(15)19-12(9-24)21(26)29(13-5-4-6-14(30)20(13)19)22-27-28-23(36-22)35-10-18(25)31/h7-8,19H,4-6,10,26H2,1-3H3,(H2,25,31). The minimum atomic E-state index is -0.763. The zero-order valence-electron chi connectivity index (χ0n) is 19.9. The monoisotopic (exact) mass is 528 g/mol. The number of anilines is 1. The van der Waals surface area contributed by atoms with Gasteiger partial charge in [-0.05, 0) is 18.9 Å². The van der Waals surface area contributed by atoms with Crippen LogP contribution in [0.2, 0.25) is 0 Å². The maximum absolute atomic E-state index is 13.4. The van der Waals surface area contributed by atoms with Crippen molar-refractivity contribution < 1.29 is 23.8 Å². The quantitative estimate of drug-likeness (QED) is 0.483. The van der Waals surface area contributed by atoms with Gasteiger partial charge in [0.25, 0.3) is 0 Å². The summed E-state index contributed by atoms with van der Waals surface area (Å²) in [4.78, 5) is 26.2. The molecule has 0 radical (unpaired) electrons. The molecule has 1 atom stereocenters. The Morgan fingerprint density at radius 1 is 1.19 bits per heavy atom. The number of rotatable bonds is 8. The van der Waals surface area contributed by atoms with Crippen LogP contribution in [0.25, 0.3) is 0 Å². The zero-order valence-corrected chi connectivity index (χ0v) is 21.5. The molecule has 2 aliphatic rings. The molecule has 1 amide bonds. The number of ketones is 1. The van der Waals surface area contributed by atoms with Crippen LogP contribution >= 0.6 is 23.1 Å². The van der Waals surface area contributed by atoms with E-state index in [1.54, 1.807) is 17.0 Å². The van der Waals surface area contributed by atoms with Crippen molar-refractivity contribution in [2.45, 2.75) is 29.5 Å². The minimum Gasteiger partial charge on any atom is -0.496 e. The van der Waals surface area contributed by atoms with E-state index in [0.29, 0.717) is 62.8 Å². The average molecular weight is 529 g/mol. The largest absolute Gasteiger partial charge is 0.496 e. The van der Waals surface area contributed by atoms with Crippen LogP contribution in [0, 0.1) is 11.3 Å². The van der Waals surface area contributed by atoms with Gasteiger partial charge >= 0.3 is 0 Å². The van der Waals surface area contributed by atoms with Gasteiger partial charge in [0.15, 0.2) is 21.6 Å². The lowest BCUT2D eigenvalue weighted by Crippen LogP contribution is -2.38. The number of ether oxygens (including phenoxy) is 3. The Morgan fingerprint density at radius 2 is 1.89 bits per heavy atom. The van der Waals surface area contributed by atoms with E-state index in [1.165, 1.54) is 32.7 Å². The lowest BCUT2D eigenvalue weighted by atomic mass is 9.75. The number of hydrogen-bond donors (Lipinski definition) is 2. The number of allylic oxidation sites excluding steroid dienone is 3. The molecule has 1 aromatic carbocycles. The van der Waals surface area contributed by atoms with Crippen molar-refractivity contribution in [2.24, 2.45) is 11.5 Å². The summed E-state index contributed by atoms with van der Waals surface area (Å²) in [7, 11) is 4.52.